The fraction of sp³-hybridized carbons (Fsp3) is 0.400. The summed E-state index contributed by atoms with van der Waals surface area (Å²) in [5.74, 6) is 0. The average molecular weight is 447 g/mol. The summed E-state index contributed by atoms with van der Waals surface area (Å²) < 4.78 is 2.78. The van der Waals surface area contributed by atoms with E-state index >= 15 is 0 Å². The molecule has 0 spiro atoms. The first-order valence-corrected chi connectivity index (χ1v) is 15.6. The van der Waals surface area contributed by atoms with E-state index in [9.17, 15) is 0 Å². The topological polar surface area (TPSA) is 6.48 Å². The van der Waals surface area contributed by atoms with Crippen molar-refractivity contribution in [1.29, 1.82) is 0 Å². The van der Waals surface area contributed by atoms with Gasteiger partial charge in [0.15, 0.2) is 0 Å². The summed E-state index contributed by atoms with van der Waals surface area (Å²) in [4.78, 5) is 4.74. The van der Waals surface area contributed by atoms with Gasteiger partial charge in [0.05, 0.1) is 0 Å². The van der Waals surface area contributed by atoms with Gasteiger partial charge in [-0.05, 0) is 0 Å². The van der Waals surface area contributed by atoms with Crippen LogP contribution < -0.4 is 17.0 Å². The van der Waals surface area contributed by atoms with Crippen LogP contribution in [0.4, 0.5) is 11.4 Å². The van der Waals surface area contributed by atoms with Gasteiger partial charge in [-0.2, -0.15) is 0 Å². The molecule has 2 rings (SSSR count). The zero-order valence-electron chi connectivity index (χ0n) is 15.2. The molecular formula is C20H28N2SSn. The molecule has 0 aromatic heterocycles. The molecule has 0 atom stereocenters. The van der Waals surface area contributed by atoms with Crippen molar-refractivity contribution in [3.05, 3.63) is 48.5 Å². The van der Waals surface area contributed by atoms with Gasteiger partial charge < -0.3 is 0 Å². The maximum absolute atomic E-state index is 5.97. The van der Waals surface area contributed by atoms with Crippen LogP contribution in [0.15, 0.2) is 48.5 Å². The van der Waals surface area contributed by atoms with Gasteiger partial charge in [-0.1, -0.05) is 0 Å². The van der Waals surface area contributed by atoms with E-state index in [1.807, 2.05) is 0 Å². The molecule has 0 saturated carbocycles. The Hall–Kier alpha value is -0.941. The third-order valence-corrected chi connectivity index (χ3v) is 12.6. The molecule has 128 valence electrons. The SMILES string of the molecule is CCN(CC)c1cc[c]([Sn](=[S])[c]2ccc(N(CC)CC)cc2)cc1. The summed E-state index contributed by atoms with van der Waals surface area (Å²) in [7, 11) is 5.97. The number of anilines is 2. The molecule has 2 aromatic rings. The molecule has 2 aromatic carbocycles. The Morgan fingerprint density at radius 3 is 1.17 bits per heavy atom. The van der Waals surface area contributed by atoms with Crippen LogP contribution in [0.5, 0.6) is 0 Å². The molecule has 0 aliphatic heterocycles. The van der Waals surface area contributed by atoms with E-state index in [4.69, 9.17) is 9.29 Å². The second kappa shape index (κ2) is 9.52. The Morgan fingerprint density at radius 2 is 0.917 bits per heavy atom. The van der Waals surface area contributed by atoms with Crippen LogP contribution in [-0.4, -0.2) is 44.0 Å². The molecule has 2 nitrogen and oxygen atoms in total. The molecule has 4 heteroatoms. The van der Waals surface area contributed by atoms with Gasteiger partial charge in [0.1, 0.15) is 0 Å². The van der Waals surface area contributed by atoms with Gasteiger partial charge in [0, 0.05) is 0 Å². The van der Waals surface area contributed by atoms with Crippen LogP contribution in [0, 0.1) is 0 Å². The van der Waals surface area contributed by atoms with Crippen LogP contribution in [0.1, 0.15) is 27.7 Å². The van der Waals surface area contributed by atoms with Crippen LogP contribution in [0.2, 0.25) is 0 Å². The van der Waals surface area contributed by atoms with E-state index in [0.717, 1.165) is 26.2 Å². The number of hydrogen-bond donors (Lipinski definition) is 0. The van der Waals surface area contributed by atoms with Crippen molar-refractivity contribution in [3.8, 4) is 0 Å². The van der Waals surface area contributed by atoms with E-state index < -0.39 is 17.8 Å². The number of nitrogens with zero attached hydrogens (tertiary/aromatic N) is 2. The average Bonchev–Trinajstić information content (AvgIpc) is 2.64. The predicted octanol–water partition coefficient (Wildman–Crippen LogP) is 3.68. The van der Waals surface area contributed by atoms with Gasteiger partial charge in [-0.3, -0.25) is 0 Å². The third kappa shape index (κ3) is 4.57. The number of hydrogen-bond acceptors (Lipinski definition) is 3. The van der Waals surface area contributed by atoms with Crippen molar-refractivity contribution < 1.29 is 0 Å². The van der Waals surface area contributed by atoms with E-state index in [1.165, 1.54) is 18.5 Å². The van der Waals surface area contributed by atoms with Crippen molar-refractivity contribution >= 4 is 45.6 Å². The maximum atomic E-state index is 5.97. The summed E-state index contributed by atoms with van der Waals surface area (Å²) in [6.45, 7) is 13.0. The molecule has 0 aliphatic carbocycles. The first-order valence-electron chi connectivity index (χ1n) is 8.89. The van der Waals surface area contributed by atoms with Crippen LogP contribution >= 0.6 is 9.29 Å². The van der Waals surface area contributed by atoms with Crippen molar-refractivity contribution in [2.24, 2.45) is 0 Å². The number of rotatable bonds is 8. The minimum absolute atomic E-state index is 1.04. The molecule has 0 N–H and O–H groups in total. The third-order valence-electron chi connectivity index (χ3n) is 4.52. The quantitative estimate of drug-likeness (QED) is 0.571. The van der Waals surface area contributed by atoms with Gasteiger partial charge in [0.2, 0.25) is 0 Å². The molecule has 0 bridgehead atoms. The van der Waals surface area contributed by atoms with Gasteiger partial charge in [-0.15, -0.1) is 0 Å². The summed E-state index contributed by atoms with van der Waals surface area (Å²) in [6.07, 6.45) is 0. The molecular weight excluding hydrogens is 419 g/mol. The summed E-state index contributed by atoms with van der Waals surface area (Å²) in [5.41, 5.74) is 2.60. The second-order valence-electron chi connectivity index (χ2n) is 5.77. The normalized spacial score (nSPS) is 10.5. The molecule has 0 heterocycles. The van der Waals surface area contributed by atoms with Crippen LogP contribution in [0.3, 0.4) is 0 Å². The fourth-order valence-electron chi connectivity index (χ4n) is 2.99. The van der Waals surface area contributed by atoms with Crippen molar-refractivity contribution in [2.45, 2.75) is 27.7 Å². The van der Waals surface area contributed by atoms with Gasteiger partial charge in [-0.25, -0.2) is 0 Å². The summed E-state index contributed by atoms with van der Waals surface area (Å²) in [6, 6.07) is 18.0. The fourth-order valence-corrected chi connectivity index (χ4v) is 8.45. The number of benzene rings is 2. The second-order valence-corrected chi connectivity index (χ2v) is 13.7. The van der Waals surface area contributed by atoms with Crippen LogP contribution in [0.25, 0.3) is 0 Å². The Bertz CT molecular complexity index is 587. The van der Waals surface area contributed by atoms with Crippen molar-refractivity contribution in [1.82, 2.24) is 0 Å². The monoisotopic (exact) mass is 448 g/mol. The minimum atomic E-state index is -2.14. The molecule has 24 heavy (non-hydrogen) atoms. The van der Waals surface area contributed by atoms with E-state index in [2.05, 4.69) is 86.0 Å². The Balaban J connectivity index is 2.16. The molecule has 0 unspecified atom stereocenters. The van der Waals surface area contributed by atoms with Gasteiger partial charge in [0.25, 0.3) is 0 Å². The van der Waals surface area contributed by atoms with E-state index in [1.54, 1.807) is 0 Å². The van der Waals surface area contributed by atoms with Crippen molar-refractivity contribution in [3.63, 3.8) is 0 Å². The van der Waals surface area contributed by atoms with Crippen molar-refractivity contribution in [2.75, 3.05) is 36.0 Å². The van der Waals surface area contributed by atoms with Crippen LogP contribution in [-0.2, 0) is 0 Å². The Labute approximate surface area is 157 Å². The summed E-state index contributed by atoms with van der Waals surface area (Å²) >= 11 is -2.14. The summed E-state index contributed by atoms with van der Waals surface area (Å²) in [5, 5.41) is 0. The zero-order valence-corrected chi connectivity index (χ0v) is 18.9. The Morgan fingerprint density at radius 1 is 0.625 bits per heavy atom. The van der Waals surface area contributed by atoms with E-state index in [-0.39, 0.29) is 0 Å². The molecule has 0 aliphatic rings. The van der Waals surface area contributed by atoms with E-state index in [0.29, 0.717) is 0 Å². The van der Waals surface area contributed by atoms with Gasteiger partial charge >= 0.3 is 158 Å². The molecule has 0 fully saturated rings. The zero-order chi connectivity index (χ0) is 17.5. The Kier molecular flexibility index (Phi) is 7.69. The molecule has 0 saturated heterocycles. The first-order chi connectivity index (χ1) is 11.6. The first kappa shape index (κ1) is 19.4. The standard InChI is InChI=1S/2C10H14N.S.Sn/c2*1-3-11(4-2)10-8-6-5-7-9-10;;/h2*6-9H,3-4H2,1-2H3;;. The molecule has 0 radical (unpaired) electrons. The molecule has 0 amide bonds. The predicted molar refractivity (Wildman–Crippen MR) is 113 cm³/mol.